The molecule has 0 aliphatic carbocycles. The van der Waals surface area contributed by atoms with Gasteiger partial charge in [0.15, 0.2) is 11.7 Å². The Hall–Kier alpha value is -2.40. The zero-order valence-electron chi connectivity index (χ0n) is 18.3. The van der Waals surface area contributed by atoms with Crippen molar-refractivity contribution < 1.29 is 22.7 Å². The van der Waals surface area contributed by atoms with Gasteiger partial charge in [-0.05, 0) is 39.3 Å². The molecular weight excluding hydrogens is 479 g/mol. The van der Waals surface area contributed by atoms with Crippen LogP contribution in [0.3, 0.4) is 0 Å². The van der Waals surface area contributed by atoms with E-state index < -0.39 is 29.6 Å². The van der Waals surface area contributed by atoms with Crippen LogP contribution in [0.1, 0.15) is 27.2 Å². The number of hydrogen-bond acceptors (Lipinski definition) is 8. The minimum Gasteiger partial charge on any atom is -0.459 e. The quantitative estimate of drug-likeness (QED) is 0.443. The summed E-state index contributed by atoms with van der Waals surface area (Å²) in [6.45, 7) is 4.86. The number of anilines is 3. The van der Waals surface area contributed by atoms with E-state index in [1.807, 2.05) is 0 Å². The summed E-state index contributed by atoms with van der Waals surface area (Å²) in [7, 11) is 0. The third kappa shape index (κ3) is 6.14. The van der Waals surface area contributed by atoms with Crippen molar-refractivity contribution in [3.8, 4) is 0 Å². The van der Waals surface area contributed by atoms with Gasteiger partial charge < -0.3 is 21.1 Å². The molecular formula is C21H25ClF3N5O2S. The van der Waals surface area contributed by atoms with E-state index in [0.29, 0.717) is 26.4 Å². The maximum absolute atomic E-state index is 13.7. The van der Waals surface area contributed by atoms with Gasteiger partial charge >= 0.3 is 12.1 Å². The molecule has 1 saturated heterocycles. The van der Waals surface area contributed by atoms with Crippen LogP contribution in [0.2, 0.25) is 5.02 Å². The lowest BCUT2D eigenvalue weighted by atomic mass is 9.90. The fraction of sp³-hybridized carbons (Fsp3) is 0.476. The van der Waals surface area contributed by atoms with E-state index in [2.05, 4.69) is 9.97 Å². The standard InChI is InChI=1S/C21H25ClF3N5O2S/c1-20(2,3)32-19(31)15(21(23,24)25)11-7-8-30(10-11)14-9-28-18(17(27)29-14)33-13-6-4-5-12(26)16(13)22/h4-6,9,11,15H,7-8,10,26H2,1-3H3,(H2,27,29). The molecule has 12 heteroatoms. The molecule has 2 heterocycles. The lowest BCUT2D eigenvalue weighted by molar-refractivity contribution is -0.212. The average molecular weight is 504 g/mol. The predicted octanol–water partition coefficient (Wildman–Crippen LogP) is 4.79. The molecule has 180 valence electrons. The van der Waals surface area contributed by atoms with Gasteiger partial charge in [0.1, 0.15) is 16.4 Å². The molecule has 1 fully saturated rings. The van der Waals surface area contributed by atoms with Gasteiger partial charge in [0.2, 0.25) is 0 Å². The van der Waals surface area contributed by atoms with Crippen LogP contribution in [0, 0.1) is 11.8 Å². The molecule has 0 saturated carbocycles. The highest BCUT2D eigenvalue weighted by molar-refractivity contribution is 7.99. The molecule has 7 nitrogen and oxygen atoms in total. The van der Waals surface area contributed by atoms with E-state index >= 15 is 0 Å². The first-order valence-electron chi connectivity index (χ1n) is 10.1. The lowest BCUT2D eigenvalue weighted by Crippen LogP contribution is -2.42. The van der Waals surface area contributed by atoms with E-state index in [1.165, 1.54) is 38.7 Å². The summed E-state index contributed by atoms with van der Waals surface area (Å²) in [6.07, 6.45) is -3.12. The molecule has 1 aromatic carbocycles. The first kappa shape index (κ1) is 25.2. The summed E-state index contributed by atoms with van der Waals surface area (Å²) in [4.78, 5) is 23.2. The van der Waals surface area contributed by atoms with E-state index in [4.69, 9.17) is 27.8 Å². The number of alkyl halides is 3. The van der Waals surface area contributed by atoms with Crippen molar-refractivity contribution in [1.29, 1.82) is 0 Å². The van der Waals surface area contributed by atoms with Crippen LogP contribution in [-0.4, -0.2) is 40.8 Å². The number of benzene rings is 1. The van der Waals surface area contributed by atoms with Crippen LogP contribution < -0.4 is 16.4 Å². The molecule has 4 N–H and O–H groups in total. The normalized spacial score (nSPS) is 17.8. The number of nitrogen functional groups attached to an aromatic ring is 2. The molecule has 33 heavy (non-hydrogen) atoms. The van der Waals surface area contributed by atoms with Crippen molar-refractivity contribution in [2.24, 2.45) is 11.8 Å². The van der Waals surface area contributed by atoms with Crippen LogP contribution in [0.5, 0.6) is 0 Å². The van der Waals surface area contributed by atoms with Crippen molar-refractivity contribution >= 4 is 46.7 Å². The summed E-state index contributed by atoms with van der Waals surface area (Å²) >= 11 is 7.39. The molecule has 0 spiro atoms. The monoisotopic (exact) mass is 503 g/mol. The maximum atomic E-state index is 13.7. The van der Waals surface area contributed by atoms with Crippen molar-refractivity contribution in [3.05, 3.63) is 29.4 Å². The Kier molecular flexibility index (Phi) is 7.23. The van der Waals surface area contributed by atoms with Crippen molar-refractivity contribution in [2.45, 2.75) is 48.9 Å². The van der Waals surface area contributed by atoms with E-state index in [9.17, 15) is 18.0 Å². The second kappa shape index (κ2) is 9.46. The first-order chi connectivity index (χ1) is 15.3. The maximum Gasteiger partial charge on any atom is 0.402 e. The van der Waals surface area contributed by atoms with Crippen LogP contribution >= 0.6 is 23.4 Å². The fourth-order valence-corrected chi connectivity index (χ4v) is 4.61. The third-order valence-electron chi connectivity index (χ3n) is 4.98. The topological polar surface area (TPSA) is 107 Å². The van der Waals surface area contributed by atoms with Crippen molar-refractivity contribution in [1.82, 2.24) is 9.97 Å². The summed E-state index contributed by atoms with van der Waals surface area (Å²) in [5, 5.41) is 0.763. The lowest BCUT2D eigenvalue weighted by Gasteiger charge is -2.28. The van der Waals surface area contributed by atoms with Crippen LogP contribution in [0.15, 0.2) is 34.3 Å². The number of rotatable bonds is 5. The number of ether oxygens (including phenoxy) is 1. The van der Waals surface area contributed by atoms with Crippen molar-refractivity contribution in [2.75, 3.05) is 29.5 Å². The Labute approximate surface area is 199 Å². The highest BCUT2D eigenvalue weighted by Crippen LogP contribution is 2.40. The number of nitrogens with two attached hydrogens (primary N) is 2. The van der Waals surface area contributed by atoms with Gasteiger partial charge in [-0.15, -0.1) is 0 Å². The highest BCUT2D eigenvalue weighted by atomic mass is 35.5. The first-order valence-corrected chi connectivity index (χ1v) is 11.3. The third-order valence-corrected chi connectivity index (χ3v) is 6.59. The van der Waals surface area contributed by atoms with Gasteiger partial charge in [-0.2, -0.15) is 13.2 Å². The smallest absolute Gasteiger partial charge is 0.402 e. The molecule has 3 rings (SSSR count). The number of carbonyl (C=O) groups is 1. The molecule has 2 unspecified atom stereocenters. The molecule has 0 bridgehead atoms. The minimum atomic E-state index is -4.72. The number of halogens is 4. The largest absolute Gasteiger partial charge is 0.459 e. The number of nitrogens with zero attached hydrogens (tertiary/aromatic N) is 3. The molecule has 0 amide bonds. The van der Waals surface area contributed by atoms with Gasteiger partial charge in [0.25, 0.3) is 0 Å². The van der Waals surface area contributed by atoms with Crippen molar-refractivity contribution in [3.63, 3.8) is 0 Å². The van der Waals surface area contributed by atoms with Gasteiger partial charge in [-0.1, -0.05) is 29.4 Å². The summed E-state index contributed by atoms with van der Waals surface area (Å²) in [5.74, 6) is -4.00. The Morgan fingerprint density at radius 1 is 1.30 bits per heavy atom. The average Bonchev–Trinajstić information content (AvgIpc) is 3.13. The molecule has 0 radical (unpaired) electrons. The zero-order chi connectivity index (χ0) is 24.6. The Morgan fingerprint density at radius 2 is 2.00 bits per heavy atom. The number of hydrogen-bond donors (Lipinski definition) is 2. The van der Waals surface area contributed by atoms with E-state index in [1.54, 1.807) is 23.1 Å². The Balaban J connectivity index is 1.75. The Bertz CT molecular complexity index is 1030. The summed E-state index contributed by atoms with van der Waals surface area (Å²) < 4.78 is 46.2. The zero-order valence-corrected chi connectivity index (χ0v) is 19.9. The second-order valence-corrected chi connectivity index (χ2v) is 10.1. The number of carbonyl (C=O) groups excluding carboxylic acids is 1. The molecule has 2 atom stereocenters. The van der Waals surface area contributed by atoms with Crippen LogP contribution in [0.25, 0.3) is 0 Å². The highest BCUT2D eigenvalue weighted by Gasteiger charge is 2.53. The SMILES string of the molecule is CC(C)(C)OC(=O)C(C1CCN(c2cnc(Sc3cccc(N)c3Cl)c(N)n2)C1)C(F)(F)F. The molecule has 1 aliphatic heterocycles. The Morgan fingerprint density at radius 3 is 2.61 bits per heavy atom. The van der Waals surface area contributed by atoms with Gasteiger partial charge in [-0.25, -0.2) is 9.97 Å². The molecule has 1 aromatic heterocycles. The van der Waals surface area contributed by atoms with Gasteiger partial charge in [-0.3, -0.25) is 4.79 Å². The predicted molar refractivity (Wildman–Crippen MR) is 122 cm³/mol. The number of aromatic nitrogens is 2. The second-order valence-electron chi connectivity index (χ2n) is 8.73. The minimum absolute atomic E-state index is 0.0227. The van der Waals surface area contributed by atoms with Crippen LogP contribution in [0.4, 0.5) is 30.5 Å². The van der Waals surface area contributed by atoms with E-state index in [-0.39, 0.29) is 25.3 Å². The summed E-state index contributed by atoms with van der Waals surface area (Å²) in [6, 6.07) is 5.17. The number of esters is 1. The van der Waals surface area contributed by atoms with Gasteiger partial charge in [0.05, 0.1) is 16.9 Å². The van der Waals surface area contributed by atoms with Gasteiger partial charge in [0, 0.05) is 23.9 Å². The van der Waals surface area contributed by atoms with E-state index in [0.717, 1.165) is 0 Å². The fourth-order valence-electron chi connectivity index (χ4n) is 3.55. The van der Waals surface area contributed by atoms with Crippen LogP contribution in [-0.2, 0) is 9.53 Å². The summed E-state index contributed by atoms with van der Waals surface area (Å²) in [5.41, 5.74) is 11.3. The molecule has 2 aromatic rings. The molecule has 1 aliphatic rings.